The first-order chi connectivity index (χ1) is 15.6. The van der Waals surface area contributed by atoms with Gasteiger partial charge in [-0.3, -0.25) is 0 Å². The lowest BCUT2D eigenvalue weighted by Crippen LogP contribution is -1.80. The molecule has 0 bridgehead atoms. The van der Waals surface area contributed by atoms with Crippen molar-refractivity contribution in [1.82, 2.24) is 0 Å². The standard InChI is InChI=1S/C24H20N8/c25-17-1-5-19(6-2-17)27-29-21-9-13-23(14-10-21)31-32-24-15-11-22(12-16-24)30-28-20-7-3-18(26)4-8-20/h1-16H,25-26H2/b29-27+,30-28+,32-31+. The van der Waals surface area contributed by atoms with Crippen molar-refractivity contribution < 1.29 is 0 Å². The molecule has 0 heterocycles. The van der Waals surface area contributed by atoms with Crippen molar-refractivity contribution >= 4 is 45.5 Å². The molecule has 156 valence electrons. The molecule has 0 aliphatic rings. The molecule has 4 aromatic carbocycles. The fraction of sp³-hybridized carbons (Fsp3) is 0. The third kappa shape index (κ3) is 5.90. The van der Waals surface area contributed by atoms with Crippen LogP contribution in [-0.4, -0.2) is 0 Å². The zero-order valence-corrected chi connectivity index (χ0v) is 17.1. The van der Waals surface area contributed by atoms with Crippen molar-refractivity contribution in [2.24, 2.45) is 30.7 Å². The van der Waals surface area contributed by atoms with Gasteiger partial charge in [-0.15, -0.1) is 0 Å². The van der Waals surface area contributed by atoms with E-state index in [-0.39, 0.29) is 0 Å². The topological polar surface area (TPSA) is 126 Å². The summed E-state index contributed by atoms with van der Waals surface area (Å²) in [5.41, 5.74) is 17.0. The molecule has 0 amide bonds. The van der Waals surface area contributed by atoms with Gasteiger partial charge in [-0.2, -0.15) is 30.7 Å². The minimum atomic E-state index is 0.691. The fourth-order valence-corrected chi connectivity index (χ4v) is 2.60. The number of benzene rings is 4. The Morgan fingerprint density at radius 2 is 0.438 bits per heavy atom. The zero-order valence-electron chi connectivity index (χ0n) is 17.1. The third-order valence-electron chi connectivity index (χ3n) is 4.33. The van der Waals surface area contributed by atoms with Crippen molar-refractivity contribution in [3.8, 4) is 0 Å². The molecule has 0 spiro atoms. The summed E-state index contributed by atoms with van der Waals surface area (Å²) in [7, 11) is 0. The lowest BCUT2D eigenvalue weighted by molar-refractivity contribution is 1.20. The summed E-state index contributed by atoms with van der Waals surface area (Å²) in [5, 5.41) is 25.3. The normalized spacial score (nSPS) is 11.6. The second kappa shape index (κ2) is 9.86. The van der Waals surface area contributed by atoms with E-state index in [4.69, 9.17) is 11.5 Å². The number of hydrogen-bond acceptors (Lipinski definition) is 8. The highest BCUT2D eigenvalue weighted by molar-refractivity contribution is 5.52. The number of azo groups is 3. The average molecular weight is 420 g/mol. The molecule has 32 heavy (non-hydrogen) atoms. The van der Waals surface area contributed by atoms with Crippen LogP contribution in [-0.2, 0) is 0 Å². The van der Waals surface area contributed by atoms with Gasteiger partial charge in [-0.25, -0.2) is 0 Å². The fourth-order valence-electron chi connectivity index (χ4n) is 2.60. The van der Waals surface area contributed by atoms with Crippen molar-refractivity contribution in [3.63, 3.8) is 0 Å². The van der Waals surface area contributed by atoms with Crippen molar-refractivity contribution in [2.45, 2.75) is 0 Å². The predicted molar refractivity (Wildman–Crippen MR) is 127 cm³/mol. The molecule has 0 saturated carbocycles. The summed E-state index contributed by atoms with van der Waals surface area (Å²) in [6, 6.07) is 29.0. The smallest absolute Gasteiger partial charge is 0.0858 e. The van der Waals surface area contributed by atoms with Gasteiger partial charge in [0.1, 0.15) is 0 Å². The van der Waals surface area contributed by atoms with Crippen LogP contribution in [0.25, 0.3) is 0 Å². The van der Waals surface area contributed by atoms with Gasteiger partial charge >= 0.3 is 0 Å². The maximum absolute atomic E-state index is 5.66. The summed E-state index contributed by atoms with van der Waals surface area (Å²) in [4.78, 5) is 0. The van der Waals surface area contributed by atoms with Gasteiger partial charge in [0.25, 0.3) is 0 Å². The Kier molecular flexibility index (Phi) is 6.33. The van der Waals surface area contributed by atoms with E-state index in [0.29, 0.717) is 22.7 Å². The van der Waals surface area contributed by atoms with Gasteiger partial charge in [0, 0.05) is 11.4 Å². The molecule has 4 rings (SSSR count). The summed E-state index contributed by atoms with van der Waals surface area (Å²) in [5.74, 6) is 0. The molecule has 0 aromatic heterocycles. The van der Waals surface area contributed by atoms with Crippen LogP contribution in [0.5, 0.6) is 0 Å². The Labute approximate surface area is 185 Å². The van der Waals surface area contributed by atoms with Gasteiger partial charge < -0.3 is 11.5 Å². The van der Waals surface area contributed by atoms with Crippen molar-refractivity contribution in [3.05, 3.63) is 97.1 Å². The van der Waals surface area contributed by atoms with E-state index >= 15 is 0 Å². The maximum Gasteiger partial charge on any atom is 0.0858 e. The van der Waals surface area contributed by atoms with E-state index in [0.717, 1.165) is 22.7 Å². The van der Waals surface area contributed by atoms with Crippen LogP contribution >= 0.6 is 0 Å². The Morgan fingerprint density at radius 1 is 0.281 bits per heavy atom. The van der Waals surface area contributed by atoms with Crippen molar-refractivity contribution in [2.75, 3.05) is 11.5 Å². The largest absolute Gasteiger partial charge is 0.399 e. The van der Waals surface area contributed by atoms with Crippen LogP contribution in [0, 0.1) is 0 Å². The number of hydrogen-bond donors (Lipinski definition) is 2. The molecule has 8 nitrogen and oxygen atoms in total. The van der Waals surface area contributed by atoms with Crippen molar-refractivity contribution in [1.29, 1.82) is 0 Å². The van der Waals surface area contributed by atoms with Crippen LogP contribution in [0.4, 0.5) is 45.5 Å². The van der Waals surface area contributed by atoms with Crippen LogP contribution in [0.15, 0.2) is 128 Å². The minimum Gasteiger partial charge on any atom is -0.399 e. The molecule has 0 radical (unpaired) electrons. The second-order valence-corrected chi connectivity index (χ2v) is 6.82. The molecular weight excluding hydrogens is 400 g/mol. The maximum atomic E-state index is 5.66. The molecule has 0 fully saturated rings. The first-order valence-electron chi connectivity index (χ1n) is 9.80. The first-order valence-corrected chi connectivity index (χ1v) is 9.80. The van der Waals surface area contributed by atoms with Gasteiger partial charge in [-0.05, 0) is 97.1 Å². The van der Waals surface area contributed by atoms with Gasteiger partial charge in [0.05, 0.1) is 34.1 Å². The third-order valence-corrected chi connectivity index (χ3v) is 4.33. The molecule has 0 unspecified atom stereocenters. The van der Waals surface area contributed by atoms with E-state index in [2.05, 4.69) is 30.7 Å². The van der Waals surface area contributed by atoms with Crippen LogP contribution in [0.2, 0.25) is 0 Å². The number of nitrogens with zero attached hydrogens (tertiary/aromatic N) is 6. The Morgan fingerprint density at radius 3 is 0.625 bits per heavy atom. The molecule has 8 heteroatoms. The highest BCUT2D eigenvalue weighted by Gasteiger charge is 1.96. The number of anilines is 2. The minimum absolute atomic E-state index is 0.691. The number of rotatable bonds is 6. The molecule has 0 atom stereocenters. The molecular formula is C24H20N8. The second-order valence-electron chi connectivity index (χ2n) is 6.82. The van der Waals surface area contributed by atoms with Crippen LogP contribution in [0.1, 0.15) is 0 Å². The lowest BCUT2D eigenvalue weighted by atomic mass is 10.3. The summed E-state index contributed by atoms with van der Waals surface area (Å²) >= 11 is 0. The van der Waals surface area contributed by atoms with Gasteiger partial charge in [0.2, 0.25) is 0 Å². The number of nitrogen functional groups attached to an aromatic ring is 2. The van der Waals surface area contributed by atoms with Gasteiger partial charge in [0.15, 0.2) is 0 Å². The number of nitrogens with two attached hydrogens (primary N) is 2. The highest BCUT2D eigenvalue weighted by atomic mass is 15.1. The van der Waals surface area contributed by atoms with E-state index < -0.39 is 0 Å². The Bertz CT molecular complexity index is 1140. The molecule has 0 aliphatic carbocycles. The van der Waals surface area contributed by atoms with Gasteiger partial charge in [-0.1, -0.05) is 0 Å². The quantitative estimate of drug-likeness (QED) is 0.241. The SMILES string of the molecule is Nc1ccc(/N=N/c2ccc(/N=N/c3ccc(/N=N/c4ccc(N)cc4)cc3)cc2)cc1. The summed E-state index contributed by atoms with van der Waals surface area (Å²) in [6.07, 6.45) is 0. The van der Waals surface area contributed by atoms with E-state index in [1.165, 1.54) is 0 Å². The first kappa shape index (κ1) is 20.5. The summed E-state index contributed by atoms with van der Waals surface area (Å²) in [6.45, 7) is 0. The molecule has 0 saturated heterocycles. The van der Waals surface area contributed by atoms with Crippen LogP contribution < -0.4 is 11.5 Å². The predicted octanol–water partition coefficient (Wildman–Crippen LogP) is 8.10. The van der Waals surface area contributed by atoms with E-state index in [1.807, 2.05) is 72.8 Å². The highest BCUT2D eigenvalue weighted by Crippen LogP contribution is 2.25. The van der Waals surface area contributed by atoms with Crippen LogP contribution in [0.3, 0.4) is 0 Å². The van der Waals surface area contributed by atoms with E-state index in [1.54, 1.807) is 24.3 Å². The Hall–Kier alpha value is -4.72. The zero-order chi connectivity index (χ0) is 22.2. The molecule has 4 aromatic rings. The summed E-state index contributed by atoms with van der Waals surface area (Å²) < 4.78 is 0. The molecule has 0 aliphatic heterocycles. The average Bonchev–Trinajstić information content (AvgIpc) is 2.83. The Balaban J connectivity index is 1.35. The lowest BCUT2D eigenvalue weighted by Gasteiger charge is -1.97. The molecule has 4 N–H and O–H groups in total. The van der Waals surface area contributed by atoms with E-state index in [9.17, 15) is 0 Å². The monoisotopic (exact) mass is 420 g/mol.